The van der Waals surface area contributed by atoms with Crippen LogP contribution in [0.1, 0.15) is 5.56 Å². The average molecular weight is 498 g/mol. The van der Waals surface area contributed by atoms with E-state index in [9.17, 15) is 4.79 Å². The number of rotatable bonds is 6. The van der Waals surface area contributed by atoms with Crippen molar-refractivity contribution in [2.24, 2.45) is 0 Å². The molecule has 0 unspecified atom stereocenters. The van der Waals surface area contributed by atoms with Crippen LogP contribution < -0.4 is 14.8 Å². The highest BCUT2D eigenvalue weighted by atomic mass is 32.2. The zero-order valence-electron chi connectivity index (χ0n) is 19.5. The molecular weight excluding hydrogens is 474 g/mol. The monoisotopic (exact) mass is 497 g/mol. The molecule has 1 amide bonds. The number of para-hydroxylation sites is 2. The van der Waals surface area contributed by atoms with Gasteiger partial charge >= 0.3 is 0 Å². The van der Waals surface area contributed by atoms with Crippen molar-refractivity contribution in [2.75, 3.05) is 24.3 Å². The number of aryl methyl sites for hydroxylation is 1. The van der Waals surface area contributed by atoms with E-state index in [0.717, 1.165) is 33.5 Å². The van der Waals surface area contributed by atoms with Crippen LogP contribution >= 0.6 is 11.8 Å². The SMILES string of the molecule is Cc1ccccc1-n1c(SCC(=O)Nc2ccc3c(c2)OCCO3)nnc1-c1c[nH]c2ccccc12. The highest BCUT2D eigenvalue weighted by molar-refractivity contribution is 7.99. The molecule has 2 aromatic heterocycles. The molecule has 3 aromatic carbocycles. The smallest absolute Gasteiger partial charge is 0.234 e. The van der Waals surface area contributed by atoms with Crippen LogP contribution in [0.5, 0.6) is 11.5 Å². The molecule has 9 heteroatoms. The second-order valence-electron chi connectivity index (χ2n) is 8.37. The molecular formula is C27H23N5O3S. The third-order valence-corrected chi connectivity index (χ3v) is 6.91. The maximum Gasteiger partial charge on any atom is 0.234 e. The maximum absolute atomic E-state index is 12.8. The van der Waals surface area contributed by atoms with Crippen LogP contribution in [0.25, 0.3) is 28.0 Å². The molecule has 0 saturated heterocycles. The average Bonchev–Trinajstić information content (AvgIpc) is 3.52. The molecule has 0 spiro atoms. The normalized spacial score (nSPS) is 12.6. The first kappa shape index (κ1) is 22.2. The number of nitrogens with one attached hydrogen (secondary N) is 2. The maximum atomic E-state index is 12.8. The van der Waals surface area contributed by atoms with Gasteiger partial charge < -0.3 is 19.8 Å². The number of amides is 1. The Kier molecular flexibility index (Phi) is 5.82. The Morgan fingerprint density at radius 1 is 1.03 bits per heavy atom. The number of carbonyl (C=O) groups excluding carboxylic acids is 1. The van der Waals surface area contributed by atoms with Crippen molar-refractivity contribution in [3.63, 3.8) is 0 Å². The molecule has 0 saturated carbocycles. The molecule has 36 heavy (non-hydrogen) atoms. The first-order valence-corrected chi connectivity index (χ1v) is 12.6. The fourth-order valence-electron chi connectivity index (χ4n) is 4.27. The van der Waals surface area contributed by atoms with Crippen molar-refractivity contribution in [1.82, 2.24) is 19.7 Å². The molecule has 2 N–H and O–H groups in total. The molecule has 0 aliphatic carbocycles. The Morgan fingerprint density at radius 3 is 2.72 bits per heavy atom. The van der Waals surface area contributed by atoms with Crippen LogP contribution in [0.3, 0.4) is 0 Å². The number of hydrogen-bond acceptors (Lipinski definition) is 6. The van der Waals surface area contributed by atoms with E-state index < -0.39 is 0 Å². The Morgan fingerprint density at radius 2 is 1.83 bits per heavy atom. The molecule has 0 atom stereocenters. The molecule has 180 valence electrons. The van der Waals surface area contributed by atoms with Gasteiger partial charge in [0.2, 0.25) is 5.91 Å². The van der Waals surface area contributed by atoms with E-state index in [-0.39, 0.29) is 11.7 Å². The van der Waals surface area contributed by atoms with Crippen molar-refractivity contribution in [3.8, 4) is 28.6 Å². The molecule has 1 aliphatic rings. The molecule has 8 nitrogen and oxygen atoms in total. The van der Waals surface area contributed by atoms with Gasteiger partial charge in [-0.25, -0.2) is 0 Å². The van der Waals surface area contributed by atoms with E-state index in [1.54, 1.807) is 18.2 Å². The van der Waals surface area contributed by atoms with E-state index >= 15 is 0 Å². The lowest BCUT2D eigenvalue weighted by Gasteiger charge is -2.19. The van der Waals surface area contributed by atoms with Gasteiger partial charge in [0.1, 0.15) is 13.2 Å². The predicted molar refractivity (Wildman–Crippen MR) is 140 cm³/mol. The summed E-state index contributed by atoms with van der Waals surface area (Å²) in [6, 6.07) is 21.6. The summed E-state index contributed by atoms with van der Waals surface area (Å²) in [5.74, 6) is 2.06. The van der Waals surface area contributed by atoms with Crippen LogP contribution in [0.15, 0.2) is 78.1 Å². The Bertz CT molecular complexity index is 1570. The number of thioether (sulfide) groups is 1. The van der Waals surface area contributed by atoms with Gasteiger partial charge in [0, 0.05) is 34.4 Å². The van der Waals surface area contributed by atoms with Crippen LogP contribution in [0, 0.1) is 6.92 Å². The molecule has 0 fully saturated rings. The molecule has 3 heterocycles. The Labute approximate surface area is 211 Å². The summed E-state index contributed by atoms with van der Waals surface area (Å²) in [7, 11) is 0. The summed E-state index contributed by atoms with van der Waals surface area (Å²) in [5, 5.41) is 13.7. The number of anilines is 1. The molecule has 0 radical (unpaired) electrons. The topological polar surface area (TPSA) is 94.1 Å². The van der Waals surface area contributed by atoms with Crippen molar-refractivity contribution in [2.45, 2.75) is 12.1 Å². The third kappa shape index (κ3) is 4.18. The molecule has 1 aliphatic heterocycles. The number of fused-ring (bicyclic) bond motifs is 2. The van der Waals surface area contributed by atoms with Gasteiger partial charge in [0.05, 0.1) is 11.4 Å². The number of carbonyl (C=O) groups is 1. The van der Waals surface area contributed by atoms with Gasteiger partial charge in [0.25, 0.3) is 0 Å². The zero-order valence-corrected chi connectivity index (χ0v) is 20.3. The second kappa shape index (κ2) is 9.43. The van der Waals surface area contributed by atoms with Crippen molar-refractivity contribution >= 4 is 34.3 Å². The molecule has 6 rings (SSSR count). The summed E-state index contributed by atoms with van der Waals surface area (Å²) in [6.07, 6.45) is 1.95. The summed E-state index contributed by atoms with van der Waals surface area (Å²) in [4.78, 5) is 16.1. The first-order chi connectivity index (χ1) is 17.7. The van der Waals surface area contributed by atoms with Gasteiger partial charge in [-0.1, -0.05) is 48.2 Å². The minimum absolute atomic E-state index is 0.148. The second-order valence-corrected chi connectivity index (χ2v) is 9.31. The lowest BCUT2D eigenvalue weighted by molar-refractivity contribution is -0.113. The van der Waals surface area contributed by atoms with Gasteiger partial charge in [-0.2, -0.15) is 0 Å². The third-order valence-electron chi connectivity index (χ3n) is 5.98. The Hall–Kier alpha value is -4.24. The summed E-state index contributed by atoms with van der Waals surface area (Å²) < 4.78 is 13.2. The van der Waals surface area contributed by atoms with Crippen LogP contribution in [0.4, 0.5) is 5.69 Å². The summed E-state index contributed by atoms with van der Waals surface area (Å²) in [6.45, 7) is 3.07. The quantitative estimate of drug-likeness (QED) is 0.312. The van der Waals surface area contributed by atoms with Gasteiger partial charge in [0.15, 0.2) is 22.5 Å². The number of hydrogen-bond donors (Lipinski definition) is 2. The van der Waals surface area contributed by atoms with E-state index in [2.05, 4.69) is 39.6 Å². The number of benzene rings is 3. The lowest BCUT2D eigenvalue weighted by atomic mass is 10.1. The van der Waals surface area contributed by atoms with Crippen LogP contribution in [-0.4, -0.2) is 44.6 Å². The van der Waals surface area contributed by atoms with Gasteiger partial charge in [-0.05, 0) is 36.8 Å². The number of aromatic nitrogens is 4. The first-order valence-electron chi connectivity index (χ1n) is 11.6. The minimum Gasteiger partial charge on any atom is -0.486 e. The van der Waals surface area contributed by atoms with Crippen LogP contribution in [-0.2, 0) is 4.79 Å². The Balaban J connectivity index is 1.28. The number of aromatic amines is 1. The minimum atomic E-state index is -0.148. The van der Waals surface area contributed by atoms with E-state index in [0.29, 0.717) is 35.6 Å². The van der Waals surface area contributed by atoms with E-state index in [4.69, 9.17) is 9.47 Å². The standard InChI is InChI=1S/C27H23N5O3S/c1-17-6-2-5-9-22(17)32-26(20-15-28-21-8-4-3-7-19(20)21)30-31-27(32)36-16-25(33)29-18-10-11-23-24(14-18)35-13-12-34-23/h2-11,14-15,28H,12-13,16H2,1H3,(H,29,33). The molecule has 0 bridgehead atoms. The predicted octanol–water partition coefficient (Wildman–Crippen LogP) is 5.23. The summed E-state index contributed by atoms with van der Waals surface area (Å²) >= 11 is 1.34. The largest absolute Gasteiger partial charge is 0.486 e. The van der Waals surface area contributed by atoms with Crippen LogP contribution in [0.2, 0.25) is 0 Å². The fraction of sp³-hybridized carbons (Fsp3) is 0.148. The van der Waals surface area contributed by atoms with E-state index in [1.807, 2.05) is 47.2 Å². The zero-order chi connectivity index (χ0) is 24.5. The highest BCUT2D eigenvalue weighted by Gasteiger charge is 2.21. The number of H-pyrrole nitrogens is 1. The van der Waals surface area contributed by atoms with Crippen molar-refractivity contribution in [3.05, 3.63) is 78.5 Å². The lowest BCUT2D eigenvalue weighted by Crippen LogP contribution is -2.17. The van der Waals surface area contributed by atoms with Crippen molar-refractivity contribution < 1.29 is 14.3 Å². The fourth-order valence-corrected chi connectivity index (χ4v) is 5.02. The van der Waals surface area contributed by atoms with Gasteiger partial charge in [-0.15, -0.1) is 10.2 Å². The number of ether oxygens (including phenoxy) is 2. The highest BCUT2D eigenvalue weighted by Crippen LogP contribution is 2.34. The van der Waals surface area contributed by atoms with E-state index in [1.165, 1.54) is 11.8 Å². The van der Waals surface area contributed by atoms with Crippen molar-refractivity contribution in [1.29, 1.82) is 0 Å². The number of nitrogens with zero attached hydrogens (tertiary/aromatic N) is 3. The van der Waals surface area contributed by atoms with Gasteiger partial charge in [-0.3, -0.25) is 9.36 Å². The summed E-state index contributed by atoms with van der Waals surface area (Å²) in [5.41, 5.74) is 4.69. The molecule has 5 aromatic rings.